The van der Waals surface area contributed by atoms with Gasteiger partial charge in [0.15, 0.2) is 5.03 Å². The molecule has 106 valence electrons. The fourth-order valence-electron chi connectivity index (χ4n) is 1.67. The highest BCUT2D eigenvalue weighted by molar-refractivity contribution is 7.89. The van der Waals surface area contributed by atoms with Crippen molar-refractivity contribution in [2.75, 3.05) is 7.05 Å². The number of hydrogen-bond donors (Lipinski definition) is 1. The number of hydrogen-bond acceptors (Lipinski definition) is 5. The first kappa shape index (κ1) is 14.6. The Kier molecular flexibility index (Phi) is 4.43. The Morgan fingerprint density at radius 2 is 1.85 bits per heavy atom. The first-order valence-electron chi connectivity index (χ1n) is 6.04. The SMILES string of the molecule is CN(Cc1ccncc1)S(=O)(=O)c1ccc(CN)cn1. The molecule has 2 aromatic heterocycles. The van der Waals surface area contributed by atoms with Gasteiger partial charge in [-0.1, -0.05) is 6.07 Å². The highest BCUT2D eigenvalue weighted by Gasteiger charge is 2.22. The second kappa shape index (κ2) is 6.08. The Bertz CT molecular complexity index is 657. The van der Waals surface area contributed by atoms with Crippen molar-refractivity contribution in [3.05, 3.63) is 54.0 Å². The average molecular weight is 292 g/mol. The van der Waals surface area contributed by atoms with Crippen molar-refractivity contribution in [2.24, 2.45) is 5.73 Å². The van der Waals surface area contributed by atoms with Gasteiger partial charge >= 0.3 is 0 Å². The van der Waals surface area contributed by atoms with Gasteiger partial charge < -0.3 is 5.73 Å². The minimum absolute atomic E-state index is 0.0197. The monoisotopic (exact) mass is 292 g/mol. The van der Waals surface area contributed by atoms with E-state index in [4.69, 9.17) is 5.73 Å². The fraction of sp³-hybridized carbons (Fsp3) is 0.231. The van der Waals surface area contributed by atoms with Crippen LogP contribution in [0.4, 0.5) is 0 Å². The van der Waals surface area contributed by atoms with Gasteiger partial charge in [0.1, 0.15) is 0 Å². The summed E-state index contributed by atoms with van der Waals surface area (Å²) in [5, 5.41) is 0.0197. The molecule has 0 saturated heterocycles. The van der Waals surface area contributed by atoms with Gasteiger partial charge in [-0.3, -0.25) is 4.98 Å². The lowest BCUT2D eigenvalue weighted by molar-refractivity contribution is 0.463. The lowest BCUT2D eigenvalue weighted by Gasteiger charge is -2.16. The van der Waals surface area contributed by atoms with Crippen LogP contribution >= 0.6 is 0 Å². The van der Waals surface area contributed by atoms with E-state index in [9.17, 15) is 8.42 Å². The van der Waals surface area contributed by atoms with Crippen LogP contribution in [-0.4, -0.2) is 29.7 Å². The van der Waals surface area contributed by atoms with Crippen LogP contribution in [-0.2, 0) is 23.1 Å². The van der Waals surface area contributed by atoms with Crippen LogP contribution in [0.1, 0.15) is 11.1 Å². The van der Waals surface area contributed by atoms with Gasteiger partial charge in [-0.2, -0.15) is 4.31 Å². The second-order valence-corrected chi connectivity index (χ2v) is 6.32. The maximum atomic E-state index is 12.4. The summed E-state index contributed by atoms with van der Waals surface area (Å²) in [6, 6.07) is 6.69. The molecule has 2 heterocycles. The van der Waals surface area contributed by atoms with E-state index < -0.39 is 10.0 Å². The zero-order valence-corrected chi connectivity index (χ0v) is 11.9. The summed E-state index contributed by atoms with van der Waals surface area (Å²) < 4.78 is 26.0. The molecule has 0 radical (unpaired) electrons. The molecule has 0 spiro atoms. The Morgan fingerprint density at radius 3 is 2.40 bits per heavy atom. The number of sulfonamides is 1. The highest BCUT2D eigenvalue weighted by Crippen LogP contribution is 2.14. The predicted molar refractivity (Wildman–Crippen MR) is 75.0 cm³/mol. The average Bonchev–Trinajstić information content (AvgIpc) is 2.48. The zero-order chi connectivity index (χ0) is 14.6. The van der Waals surface area contributed by atoms with Crippen molar-refractivity contribution < 1.29 is 8.42 Å². The Morgan fingerprint density at radius 1 is 1.15 bits per heavy atom. The van der Waals surface area contributed by atoms with Crippen molar-refractivity contribution in [1.29, 1.82) is 0 Å². The molecule has 0 saturated carbocycles. The van der Waals surface area contributed by atoms with Gasteiger partial charge in [0.05, 0.1) is 0 Å². The highest BCUT2D eigenvalue weighted by atomic mass is 32.2. The molecule has 0 amide bonds. The molecule has 0 aromatic carbocycles. The second-order valence-electron chi connectivity index (χ2n) is 4.33. The normalized spacial score (nSPS) is 11.8. The molecule has 0 aliphatic heterocycles. The van der Waals surface area contributed by atoms with Crippen molar-refractivity contribution in [3.8, 4) is 0 Å². The van der Waals surface area contributed by atoms with Gasteiger partial charge in [-0.25, -0.2) is 13.4 Å². The van der Waals surface area contributed by atoms with E-state index in [2.05, 4.69) is 9.97 Å². The third kappa shape index (κ3) is 3.19. The predicted octanol–water partition coefficient (Wildman–Crippen LogP) is 0.756. The summed E-state index contributed by atoms with van der Waals surface area (Å²) in [5.41, 5.74) is 7.12. The van der Waals surface area contributed by atoms with Crippen molar-refractivity contribution in [2.45, 2.75) is 18.1 Å². The topological polar surface area (TPSA) is 89.2 Å². The first-order chi connectivity index (χ1) is 9.54. The molecule has 2 rings (SSSR count). The summed E-state index contributed by atoms with van der Waals surface area (Å²) >= 11 is 0. The van der Waals surface area contributed by atoms with Crippen LogP contribution in [0.15, 0.2) is 47.9 Å². The van der Waals surface area contributed by atoms with Crippen molar-refractivity contribution >= 4 is 10.0 Å². The van der Waals surface area contributed by atoms with E-state index in [0.29, 0.717) is 6.54 Å². The summed E-state index contributed by atoms with van der Waals surface area (Å²) in [4.78, 5) is 7.86. The van der Waals surface area contributed by atoms with E-state index in [1.165, 1.54) is 23.6 Å². The van der Waals surface area contributed by atoms with Gasteiger partial charge in [0.2, 0.25) is 0 Å². The summed E-state index contributed by atoms with van der Waals surface area (Å²) in [6.45, 7) is 0.603. The molecule has 20 heavy (non-hydrogen) atoms. The van der Waals surface area contributed by atoms with Crippen LogP contribution in [0.5, 0.6) is 0 Å². The molecule has 0 unspecified atom stereocenters. The molecule has 2 aromatic rings. The zero-order valence-electron chi connectivity index (χ0n) is 11.1. The third-order valence-electron chi connectivity index (χ3n) is 2.86. The standard InChI is InChI=1S/C13H16N4O2S/c1-17(10-11-4-6-15-7-5-11)20(18,19)13-3-2-12(8-14)9-16-13/h2-7,9H,8,10,14H2,1H3. The molecule has 0 aliphatic carbocycles. The molecule has 6 nitrogen and oxygen atoms in total. The van der Waals surface area contributed by atoms with E-state index in [0.717, 1.165) is 11.1 Å². The van der Waals surface area contributed by atoms with Gasteiger partial charge in [0.25, 0.3) is 10.0 Å². The van der Waals surface area contributed by atoms with E-state index in [1.807, 2.05) is 0 Å². The molecule has 0 atom stereocenters. The number of pyridine rings is 2. The minimum Gasteiger partial charge on any atom is -0.326 e. The Hall–Kier alpha value is -1.83. The number of rotatable bonds is 5. The van der Waals surface area contributed by atoms with Crippen molar-refractivity contribution in [1.82, 2.24) is 14.3 Å². The third-order valence-corrected chi connectivity index (χ3v) is 4.58. The molecule has 0 fully saturated rings. The van der Waals surface area contributed by atoms with Crippen LogP contribution in [0.25, 0.3) is 0 Å². The summed E-state index contributed by atoms with van der Waals surface area (Å²) in [5.74, 6) is 0. The molecular weight excluding hydrogens is 276 g/mol. The number of nitrogens with two attached hydrogens (primary N) is 1. The van der Waals surface area contributed by atoms with Crippen LogP contribution < -0.4 is 5.73 Å². The Balaban J connectivity index is 2.20. The van der Waals surface area contributed by atoms with Gasteiger partial charge in [0, 0.05) is 38.7 Å². The number of nitrogens with zero attached hydrogens (tertiary/aromatic N) is 3. The fourth-order valence-corrected chi connectivity index (χ4v) is 2.74. The van der Waals surface area contributed by atoms with Gasteiger partial charge in [-0.05, 0) is 29.3 Å². The maximum Gasteiger partial charge on any atom is 0.260 e. The van der Waals surface area contributed by atoms with Gasteiger partial charge in [-0.15, -0.1) is 0 Å². The number of aromatic nitrogens is 2. The largest absolute Gasteiger partial charge is 0.326 e. The molecule has 0 bridgehead atoms. The molecule has 0 aliphatic rings. The first-order valence-corrected chi connectivity index (χ1v) is 7.48. The lowest BCUT2D eigenvalue weighted by atomic mass is 10.3. The Labute approximate surface area is 118 Å². The smallest absolute Gasteiger partial charge is 0.260 e. The van der Waals surface area contributed by atoms with Crippen LogP contribution in [0.3, 0.4) is 0 Å². The van der Waals surface area contributed by atoms with E-state index in [-0.39, 0.29) is 11.6 Å². The quantitative estimate of drug-likeness (QED) is 0.878. The lowest BCUT2D eigenvalue weighted by Crippen LogP contribution is -2.27. The molecular formula is C13H16N4O2S. The van der Waals surface area contributed by atoms with Crippen LogP contribution in [0.2, 0.25) is 0 Å². The van der Waals surface area contributed by atoms with E-state index in [1.54, 1.807) is 30.6 Å². The molecule has 2 N–H and O–H groups in total. The summed E-state index contributed by atoms with van der Waals surface area (Å²) in [6.07, 6.45) is 4.74. The van der Waals surface area contributed by atoms with Crippen molar-refractivity contribution in [3.63, 3.8) is 0 Å². The molecule has 7 heteroatoms. The minimum atomic E-state index is -3.60. The van der Waals surface area contributed by atoms with Crippen LogP contribution in [0, 0.1) is 0 Å². The van der Waals surface area contributed by atoms with E-state index >= 15 is 0 Å². The summed E-state index contributed by atoms with van der Waals surface area (Å²) in [7, 11) is -2.08. The maximum absolute atomic E-state index is 12.4.